The van der Waals surface area contributed by atoms with Crippen LogP contribution in [0.1, 0.15) is 32.3 Å². The fourth-order valence-electron chi connectivity index (χ4n) is 1.79. The van der Waals surface area contributed by atoms with Crippen molar-refractivity contribution in [3.8, 4) is 0 Å². The molecule has 1 rings (SSSR count). The first kappa shape index (κ1) is 15.3. The number of aliphatic imine (C=N–C) groups is 1. The average molecular weight is 259 g/mol. The standard InChI is InChI=1S/C16H25N3/c1-4-5-13(2)12-19-14(3)18-11-10-15-6-8-16(17)9-7-15/h6-9H,2,4-5,10-12,17H2,1,3H3,(H,18,19). The summed E-state index contributed by atoms with van der Waals surface area (Å²) in [7, 11) is 0. The van der Waals surface area contributed by atoms with Gasteiger partial charge in [-0.3, -0.25) is 4.99 Å². The first-order valence-corrected chi connectivity index (χ1v) is 6.87. The van der Waals surface area contributed by atoms with Gasteiger partial charge >= 0.3 is 0 Å². The minimum Gasteiger partial charge on any atom is -0.399 e. The van der Waals surface area contributed by atoms with Crippen LogP contribution in [0.25, 0.3) is 0 Å². The third-order valence-electron chi connectivity index (χ3n) is 2.92. The third kappa shape index (κ3) is 6.65. The van der Waals surface area contributed by atoms with Crippen LogP contribution in [0.4, 0.5) is 5.69 Å². The van der Waals surface area contributed by atoms with Gasteiger partial charge in [-0.2, -0.15) is 0 Å². The Morgan fingerprint density at radius 1 is 1.32 bits per heavy atom. The molecule has 0 atom stereocenters. The highest BCUT2D eigenvalue weighted by Crippen LogP contribution is 2.05. The molecule has 3 nitrogen and oxygen atoms in total. The Bertz CT molecular complexity index is 418. The van der Waals surface area contributed by atoms with Crippen molar-refractivity contribution < 1.29 is 0 Å². The highest BCUT2D eigenvalue weighted by atomic mass is 15.0. The third-order valence-corrected chi connectivity index (χ3v) is 2.92. The second kappa shape index (κ2) is 8.35. The molecule has 0 heterocycles. The van der Waals surface area contributed by atoms with Crippen LogP contribution in [0, 0.1) is 0 Å². The van der Waals surface area contributed by atoms with Gasteiger partial charge in [0, 0.05) is 12.2 Å². The first-order chi connectivity index (χ1) is 9.11. The molecule has 3 N–H and O–H groups in total. The molecular formula is C16H25N3. The molecule has 3 heteroatoms. The maximum atomic E-state index is 5.65. The van der Waals surface area contributed by atoms with Gasteiger partial charge in [-0.15, -0.1) is 0 Å². The molecule has 1 aromatic rings. The molecule has 0 saturated heterocycles. The summed E-state index contributed by atoms with van der Waals surface area (Å²) in [6, 6.07) is 8.00. The van der Waals surface area contributed by atoms with Gasteiger partial charge in [-0.05, 0) is 37.5 Å². The molecule has 0 aromatic heterocycles. The van der Waals surface area contributed by atoms with E-state index in [4.69, 9.17) is 5.73 Å². The molecule has 0 unspecified atom stereocenters. The van der Waals surface area contributed by atoms with Crippen LogP contribution in [-0.2, 0) is 6.42 Å². The maximum Gasteiger partial charge on any atom is 0.0935 e. The Morgan fingerprint density at radius 3 is 2.63 bits per heavy atom. The van der Waals surface area contributed by atoms with Crippen molar-refractivity contribution in [2.75, 3.05) is 18.8 Å². The summed E-state index contributed by atoms with van der Waals surface area (Å²) >= 11 is 0. The van der Waals surface area contributed by atoms with Crippen LogP contribution < -0.4 is 11.1 Å². The molecule has 0 aliphatic heterocycles. The van der Waals surface area contributed by atoms with Crippen molar-refractivity contribution in [1.29, 1.82) is 0 Å². The fourth-order valence-corrected chi connectivity index (χ4v) is 1.79. The lowest BCUT2D eigenvalue weighted by atomic mass is 10.1. The lowest BCUT2D eigenvalue weighted by molar-refractivity contribution is 0.844. The van der Waals surface area contributed by atoms with Crippen LogP contribution in [0.15, 0.2) is 41.4 Å². The lowest BCUT2D eigenvalue weighted by Crippen LogP contribution is -2.23. The SMILES string of the molecule is C=C(CCC)CN=C(C)NCCc1ccc(N)cc1. The van der Waals surface area contributed by atoms with E-state index in [1.54, 1.807) is 0 Å². The van der Waals surface area contributed by atoms with Gasteiger partial charge in [-0.25, -0.2) is 0 Å². The molecule has 0 spiro atoms. The molecule has 0 saturated carbocycles. The molecule has 0 amide bonds. The highest BCUT2D eigenvalue weighted by molar-refractivity contribution is 5.79. The van der Waals surface area contributed by atoms with E-state index in [1.165, 1.54) is 11.1 Å². The minimum absolute atomic E-state index is 0.731. The number of nitrogens with one attached hydrogen (secondary N) is 1. The van der Waals surface area contributed by atoms with Gasteiger partial charge < -0.3 is 11.1 Å². The summed E-state index contributed by atoms with van der Waals surface area (Å²) < 4.78 is 0. The largest absolute Gasteiger partial charge is 0.399 e. The van der Waals surface area contributed by atoms with Gasteiger partial charge in [0.15, 0.2) is 0 Å². The summed E-state index contributed by atoms with van der Waals surface area (Å²) in [5, 5.41) is 3.32. The van der Waals surface area contributed by atoms with E-state index in [0.717, 1.165) is 43.9 Å². The summed E-state index contributed by atoms with van der Waals surface area (Å²) in [5.41, 5.74) is 8.94. The topological polar surface area (TPSA) is 50.4 Å². The highest BCUT2D eigenvalue weighted by Gasteiger charge is 1.95. The van der Waals surface area contributed by atoms with E-state index >= 15 is 0 Å². The molecule has 0 fully saturated rings. The minimum atomic E-state index is 0.731. The van der Waals surface area contributed by atoms with Crippen molar-refractivity contribution >= 4 is 11.5 Å². The molecule has 104 valence electrons. The zero-order valence-electron chi connectivity index (χ0n) is 12.1. The van der Waals surface area contributed by atoms with E-state index in [0.29, 0.717) is 0 Å². The number of anilines is 1. The summed E-state index contributed by atoms with van der Waals surface area (Å²) in [5.74, 6) is 0.979. The summed E-state index contributed by atoms with van der Waals surface area (Å²) in [4.78, 5) is 4.47. The van der Waals surface area contributed by atoms with Crippen LogP contribution in [0.5, 0.6) is 0 Å². The van der Waals surface area contributed by atoms with Gasteiger partial charge in [0.2, 0.25) is 0 Å². The number of benzene rings is 1. The number of hydrogen-bond donors (Lipinski definition) is 2. The van der Waals surface area contributed by atoms with Crippen molar-refractivity contribution in [2.45, 2.75) is 33.1 Å². The molecular weight excluding hydrogens is 234 g/mol. The van der Waals surface area contributed by atoms with Crippen LogP contribution in [0.3, 0.4) is 0 Å². The number of nitrogen functional groups attached to an aromatic ring is 1. The van der Waals surface area contributed by atoms with E-state index in [1.807, 2.05) is 19.1 Å². The van der Waals surface area contributed by atoms with Gasteiger partial charge in [0.25, 0.3) is 0 Å². The zero-order valence-corrected chi connectivity index (χ0v) is 12.1. The van der Waals surface area contributed by atoms with Crippen LogP contribution in [-0.4, -0.2) is 18.9 Å². The molecule has 0 aliphatic rings. The summed E-state index contributed by atoms with van der Waals surface area (Å²) in [6.45, 7) is 9.79. The average Bonchev–Trinajstić information content (AvgIpc) is 2.39. The fraction of sp³-hybridized carbons (Fsp3) is 0.438. The Balaban J connectivity index is 2.26. The second-order valence-electron chi connectivity index (χ2n) is 4.82. The van der Waals surface area contributed by atoms with E-state index in [9.17, 15) is 0 Å². The smallest absolute Gasteiger partial charge is 0.0935 e. The maximum absolute atomic E-state index is 5.65. The second-order valence-corrected chi connectivity index (χ2v) is 4.82. The van der Waals surface area contributed by atoms with E-state index < -0.39 is 0 Å². The quantitative estimate of drug-likeness (QED) is 0.342. The first-order valence-electron chi connectivity index (χ1n) is 6.87. The van der Waals surface area contributed by atoms with Crippen molar-refractivity contribution in [1.82, 2.24) is 5.32 Å². The van der Waals surface area contributed by atoms with Gasteiger partial charge in [0.1, 0.15) is 0 Å². The normalized spacial score (nSPS) is 11.4. The van der Waals surface area contributed by atoms with Crippen molar-refractivity contribution in [2.24, 2.45) is 4.99 Å². The number of rotatable bonds is 7. The lowest BCUT2D eigenvalue weighted by Gasteiger charge is -2.07. The predicted octanol–water partition coefficient (Wildman–Crippen LogP) is 3.18. The Labute approximate surface area is 116 Å². The van der Waals surface area contributed by atoms with E-state index in [2.05, 4.69) is 35.9 Å². The molecule has 0 bridgehead atoms. The molecule has 1 aromatic carbocycles. The predicted molar refractivity (Wildman–Crippen MR) is 84.6 cm³/mol. The number of hydrogen-bond acceptors (Lipinski definition) is 2. The molecule has 19 heavy (non-hydrogen) atoms. The van der Waals surface area contributed by atoms with E-state index in [-0.39, 0.29) is 0 Å². The molecule has 0 aliphatic carbocycles. The van der Waals surface area contributed by atoms with Crippen molar-refractivity contribution in [3.63, 3.8) is 0 Å². The Morgan fingerprint density at radius 2 is 2.00 bits per heavy atom. The van der Waals surface area contributed by atoms with Crippen LogP contribution >= 0.6 is 0 Å². The Hall–Kier alpha value is -1.77. The van der Waals surface area contributed by atoms with Gasteiger partial charge in [-0.1, -0.05) is 37.6 Å². The number of amidine groups is 1. The number of nitrogens with two attached hydrogens (primary N) is 1. The molecule has 0 radical (unpaired) electrons. The van der Waals surface area contributed by atoms with Crippen molar-refractivity contribution in [3.05, 3.63) is 42.0 Å². The Kier molecular flexibility index (Phi) is 6.72. The van der Waals surface area contributed by atoms with Gasteiger partial charge in [0.05, 0.1) is 12.4 Å². The number of nitrogens with zero attached hydrogens (tertiary/aromatic N) is 1. The summed E-state index contributed by atoms with van der Waals surface area (Å²) in [6.07, 6.45) is 3.17. The van der Waals surface area contributed by atoms with Crippen LogP contribution in [0.2, 0.25) is 0 Å². The zero-order chi connectivity index (χ0) is 14.1. The monoisotopic (exact) mass is 259 g/mol.